The number of nitrogens with zero attached hydrogens (tertiary/aromatic N) is 5. The summed E-state index contributed by atoms with van der Waals surface area (Å²) in [6.45, 7) is 7.44. The van der Waals surface area contributed by atoms with Crippen molar-refractivity contribution in [1.29, 1.82) is 0 Å². The highest BCUT2D eigenvalue weighted by Gasteiger charge is 2.15. The fourth-order valence-corrected chi connectivity index (χ4v) is 4.30. The highest BCUT2D eigenvalue weighted by atomic mass is 16.1. The van der Waals surface area contributed by atoms with Crippen molar-refractivity contribution in [2.75, 3.05) is 18.4 Å². The summed E-state index contributed by atoms with van der Waals surface area (Å²) < 4.78 is 2.03. The number of carbonyl (C=O) groups is 1. The molecule has 0 unspecified atom stereocenters. The Morgan fingerprint density at radius 1 is 1.00 bits per heavy atom. The van der Waals surface area contributed by atoms with Gasteiger partial charge in [-0.1, -0.05) is 13.0 Å². The molecule has 5 rings (SSSR count). The molecule has 1 amide bonds. The number of hydrogen-bond acceptors (Lipinski definition) is 6. The minimum atomic E-state index is 0.118. The van der Waals surface area contributed by atoms with Crippen LogP contribution in [-0.2, 0) is 4.79 Å². The van der Waals surface area contributed by atoms with Gasteiger partial charge in [0.2, 0.25) is 11.6 Å². The van der Waals surface area contributed by atoms with E-state index in [-0.39, 0.29) is 5.91 Å². The Hall–Kier alpha value is -4.01. The predicted molar refractivity (Wildman–Crippen MR) is 138 cm³/mol. The van der Waals surface area contributed by atoms with E-state index >= 15 is 0 Å². The third-order valence-electron chi connectivity index (χ3n) is 6.09. The van der Waals surface area contributed by atoms with Crippen molar-refractivity contribution in [2.24, 2.45) is 0 Å². The average molecular weight is 471 g/mol. The van der Waals surface area contributed by atoms with Gasteiger partial charge in [0.1, 0.15) is 11.6 Å². The number of aromatic amines is 1. The number of benzene rings is 2. The van der Waals surface area contributed by atoms with Crippen molar-refractivity contribution < 1.29 is 4.79 Å². The lowest BCUT2D eigenvalue weighted by molar-refractivity contribution is -0.121. The Labute approximate surface area is 203 Å². The molecule has 180 valence electrons. The number of aromatic nitrogens is 6. The summed E-state index contributed by atoms with van der Waals surface area (Å²) in [4.78, 5) is 24.7. The Balaban J connectivity index is 1.39. The molecule has 3 N–H and O–H groups in total. The van der Waals surface area contributed by atoms with E-state index in [1.165, 1.54) is 5.56 Å². The number of imidazole rings is 1. The smallest absolute Gasteiger partial charge is 0.219 e. The molecule has 3 heterocycles. The van der Waals surface area contributed by atoms with Gasteiger partial charge in [0.25, 0.3) is 0 Å². The summed E-state index contributed by atoms with van der Waals surface area (Å²) in [6, 6.07) is 12.3. The van der Waals surface area contributed by atoms with Crippen molar-refractivity contribution in [3.63, 3.8) is 0 Å². The molecule has 0 radical (unpaired) electrons. The second kappa shape index (κ2) is 9.69. The summed E-state index contributed by atoms with van der Waals surface area (Å²) in [5.74, 6) is 2.44. The monoisotopic (exact) mass is 470 g/mol. The van der Waals surface area contributed by atoms with Gasteiger partial charge in [-0.25, -0.2) is 9.97 Å². The minimum Gasteiger partial charge on any atom is -0.367 e. The number of rotatable bonds is 9. The molecule has 0 fully saturated rings. The molecule has 0 saturated heterocycles. The van der Waals surface area contributed by atoms with E-state index in [0.29, 0.717) is 24.4 Å². The molecule has 9 heteroatoms. The van der Waals surface area contributed by atoms with E-state index in [2.05, 4.69) is 44.9 Å². The first kappa shape index (κ1) is 22.8. The zero-order valence-electron chi connectivity index (χ0n) is 20.4. The lowest BCUT2D eigenvalue weighted by Crippen LogP contribution is -2.24. The lowest BCUT2D eigenvalue weighted by Gasteiger charge is -2.11. The first-order valence-corrected chi connectivity index (χ1v) is 12.2. The van der Waals surface area contributed by atoms with Gasteiger partial charge in [-0.05, 0) is 69.0 Å². The number of carbonyl (C=O) groups excluding carboxylic acids is 1. The number of unbranched alkanes of at least 4 members (excludes halogenated alkanes) is 1. The van der Waals surface area contributed by atoms with Crippen LogP contribution in [-0.4, -0.2) is 48.5 Å². The van der Waals surface area contributed by atoms with Crippen LogP contribution in [0.3, 0.4) is 0 Å². The molecular formula is C26H30N8O. The second-order valence-corrected chi connectivity index (χ2v) is 8.91. The average Bonchev–Trinajstić information content (AvgIpc) is 3.44. The third kappa shape index (κ3) is 4.66. The summed E-state index contributed by atoms with van der Waals surface area (Å²) in [5, 5.41) is 15.0. The van der Waals surface area contributed by atoms with Crippen LogP contribution in [0.4, 0.5) is 5.82 Å². The fraction of sp³-hybridized carbons (Fsp3) is 0.346. The molecule has 0 aliphatic heterocycles. The molecule has 0 bridgehead atoms. The largest absolute Gasteiger partial charge is 0.367 e. The summed E-state index contributed by atoms with van der Waals surface area (Å²) in [6.07, 6.45) is 3.25. The Kier molecular flexibility index (Phi) is 6.31. The zero-order valence-corrected chi connectivity index (χ0v) is 20.4. The van der Waals surface area contributed by atoms with E-state index in [1.54, 1.807) is 0 Å². The van der Waals surface area contributed by atoms with E-state index < -0.39 is 0 Å². The summed E-state index contributed by atoms with van der Waals surface area (Å²) >= 11 is 0. The van der Waals surface area contributed by atoms with Crippen molar-refractivity contribution in [2.45, 2.75) is 46.5 Å². The predicted octanol–water partition coefficient (Wildman–Crippen LogP) is 4.55. The molecule has 0 saturated carbocycles. The van der Waals surface area contributed by atoms with Crippen LogP contribution in [0.5, 0.6) is 0 Å². The number of H-pyrrole nitrogens is 1. The molecular weight excluding hydrogens is 440 g/mol. The zero-order chi connectivity index (χ0) is 24.4. The number of hydrogen-bond donors (Lipinski definition) is 3. The van der Waals surface area contributed by atoms with Gasteiger partial charge >= 0.3 is 0 Å². The molecule has 0 atom stereocenters. The highest BCUT2D eigenvalue weighted by Crippen LogP contribution is 2.27. The maximum Gasteiger partial charge on any atom is 0.219 e. The van der Waals surface area contributed by atoms with Crippen LogP contribution in [0.2, 0.25) is 0 Å². The summed E-state index contributed by atoms with van der Waals surface area (Å²) in [7, 11) is 0. The van der Waals surface area contributed by atoms with Gasteiger partial charge in [0.05, 0.1) is 22.1 Å². The number of fused-ring (bicyclic) bond motifs is 4. The number of aryl methyl sites for hydroxylation is 2. The van der Waals surface area contributed by atoms with Crippen LogP contribution in [0.1, 0.15) is 44.0 Å². The quantitative estimate of drug-likeness (QED) is 0.273. The van der Waals surface area contributed by atoms with Gasteiger partial charge in [-0.3, -0.25) is 9.20 Å². The maximum absolute atomic E-state index is 11.6. The normalized spacial score (nSPS) is 11.5. The van der Waals surface area contributed by atoms with E-state index in [0.717, 1.165) is 65.1 Å². The van der Waals surface area contributed by atoms with Crippen molar-refractivity contribution in [1.82, 2.24) is 34.9 Å². The van der Waals surface area contributed by atoms with Crippen molar-refractivity contribution in [3.05, 3.63) is 47.8 Å². The molecule has 9 nitrogen and oxygen atoms in total. The van der Waals surface area contributed by atoms with Gasteiger partial charge < -0.3 is 15.6 Å². The SMILES string of the molecule is CCCC(=O)NCCCCNc1nc2cc(-c3nc4ccc(C)cc4[nH]3)ccc2n2c(C)nnc12. The first-order chi connectivity index (χ1) is 17.0. The van der Waals surface area contributed by atoms with Gasteiger partial charge in [-0.15, -0.1) is 10.2 Å². The van der Waals surface area contributed by atoms with E-state index in [1.807, 2.05) is 42.5 Å². The number of nitrogens with one attached hydrogen (secondary N) is 3. The van der Waals surface area contributed by atoms with Crippen LogP contribution < -0.4 is 10.6 Å². The molecule has 0 spiro atoms. The van der Waals surface area contributed by atoms with Crippen LogP contribution in [0.25, 0.3) is 39.1 Å². The Bertz CT molecular complexity index is 1520. The Morgan fingerprint density at radius 3 is 2.71 bits per heavy atom. The third-order valence-corrected chi connectivity index (χ3v) is 6.09. The van der Waals surface area contributed by atoms with Gasteiger partial charge in [0, 0.05) is 25.1 Å². The fourth-order valence-electron chi connectivity index (χ4n) is 4.30. The van der Waals surface area contributed by atoms with Gasteiger partial charge in [-0.2, -0.15) is 0 Å². The topological polar surface area (TPSA) is 113 Å². The molecule has 0 aliphatic rings. The van der Waals surface area contributed by atoms with Crippen molar-refractivity contribution >= 4 is 39.4 Å². The van der Waals surface area contributed by atoms with Crippen LogP contribution in [0, 0.1) is 13.8 Å². The van der Waals surface area contributed by atoms with E-state index in [9.17, 15) is 4.79 Å². The standard InChI is InChI=1S/C26H30N8O/c1-4-7-23(35)27-12-5-6-13-28-25-26-33-32-17(3)34(26)22-11-9-18(15-21(22)31-25)24-29-19-10-8-16(2)14-20(19)30-24/h8-11,14-15H,4-7,12-13H2,1-3H3,(H,27,35)(H,28,31)(H,29,30). The summed E-state index contributed by atoms with van der Waals surface area (Å²) in [5.41, 5.74) is 6.61. The second-order valence-electron chi connectivity index (χ2n) is 8.91. The number of amides is 1. The molecule has 5 aromatic rings. The van der Waals surface area contributed by atoms with Crippen LogP contribution >= 0.6 is 0 Å². The molecule has 3 aromatic heterocycles. The molecule has 0 aliphatic carbocycles. The number of anilines is 1. The van der Waals surface area contributed by atoms with Gasteiger partial charge in [0.15, 0.2) is 5.82 Å². The van der Waals surface area contributed by atoms with Crippen LogP contribution in [0.15, 0.2) is 36.4 Å². The van der Waals surface area contributed by atoms with Crippen molar-refractivity contribution in [3.8, 4) is 11.4 Å². The highest BCUT2D eigenvalue weighted by molar-refractivity contribution is 5.87. The molecule has 2 aromatic carbocycles. The maximum atomic E-state index is 11.6. The first-order valence-electron chi connectivity index (χ1n) is 12.2. The minimum absolute atomic E-state index is 0.118. The lowest BCUT2D eigenvalue weighted by atomic mass is 10.2. The Morgan fingerprint density at radius 2 is 1.86 bits per heavy atom. The van der Waals surface area contributed by atoms with E-state index in [4.69, 9.17) is 9.97 Å². The molecule has 35 heavy (non-hydrogen) atoms.